The highest BCUT2D eigenvalue weighted by atomic mass is 127. The first-order chi connectivity index (χ1) is 14.2. The van der Waals surface area contributed by atoms with Crippen LogP contribution in [0.25, 0.3) is 0 Å². The highest BCUT2D eigenvalue weighted by Crippen LogP contribution is 2.32. The molecule has 7 nitrogen and oxygen atoms in total. The van der Waals surface area contributed by atoms with Gasteiger partial charge in [-0.15, -0.1) is 24.0 Å². The van der Waals surface area contributed by atoms with Crippen molar-refractivity contribution >= 4 is 36.0 Å². The van der Waals surface area contributed by atoms with Gasteiger partial charge in [0.15, 0.2) is 5.96 Å². The van der Waals surface area contributed by atoms with E-state index in [0.29, 0.717) is 25.1 Å². The molecular weight excluding hydrogens is 493 g/mol. The van der Waals surface area contributed by atoms with Crippen LogP contribution in [0, 0.1) is 5.92 Å². The average molecular weight is 529 g/mol. The molecule has 8 heteroatoms. The summed E-state index contributed by atoms with van der Waals surface area (Å²) in [6, 6.07) is 11.1. The SMILES string of the molecule is CCOC(=O)NC(CNC(=NC)NCC(c1ccccc1)N1CCCC1)C1CC1.I. The van der Waals surface area contributed by atoms with Gasteiger partial charge in [-0.1, -0.05) is 30.3 Å². The number of nitrogens with zero attached hydrogens (tertiary/aromatic N) is 2. The molecule has 0 radical (unpaired) electrons. The lowest BCUT2D eigenvalue weighted by atomic mass is 10.1. The number of likely N-dealkylation sites (tertiary alicyclic amines) is 1. The number of carbonyl (C=O) groups is 1. The van der Waals surface area contributed by atoms with E-state index in [0.717, 1.165) is 38.4 Å². The summed E-state index contributed by atoms with van der Waals surface area (Å²) in [5.74, 6) is 1.29. The number of hydrogen-bond acceptors (Lipinski definition) is 4. The van der Waals surface area contributed by atoms with Gasteiger partial charge >= 0.3 is 6.09 Å². The number of aliphatic imine (C=N–C) groups is 1. The third-order valence-corrected chi connectivity index (χ3v) is 5.71. The fraction of sp³-hybridized carbons (Fsp3) is 0.636. The first kappa shape index (κ1) is 24.7. The molecular formula is C22H36IN5O2. The van der Waals surface area contributed by atoms with Gasteiger partial charge in [0.1, 0.15) is 0 Å². The van der Waals surface area contributed by atoms with Gasteiger partial charge in [-0.05, 0) is 57.2 Å². The van der Waals surface area contributed by atoms with Crippen LogP contribution in [0.5, 0.6) is 0 Å². The molecule has 2 atom stereocenters. The predicted octanol–water partition coefficient (Wildman–Crippen LogP) is 3.13. The number of benzene rings is 1. The molecule has 1 saturated carbocycles. The van der Waals surface area contributed by atoms with Gasteiger partial charge in [-0.25, -0.2) is 4.79 Å². The van der Waals surface area contributed by atoms with Crippen LogP contribution >= 0.6 is 24.0 Å². The maximum atomic E-state index is 11.8. The zero-order valence-electron chi connectivity index (χ0n) is 18.1. The molecule has 168 valence electrons. The van der Waals surface area contributed by atoms with Gasteiger partial charge in [0.05, 0.1) is 18.7 Å². The van der Waals surface area contributed by atoms with Gasteiger partial charge in [0.25, 0.3) is 0 Å². The summed E-state index contributed by atoms with van der Waals surface area (Å²) >= 11 is 0. The minimum absolute atomic E-state index is 0. The van der Waals surface area contributed by atoms with E-state index in [-0.39, 0.29) is 36.1 Å². The Hall–Kier alpha value is -1.55. The minimum atomic E-state index is -0.340. The highest BCUT2D eigenvalue weighted by Gasteiger charge is 2.32. The van der Waals surface area contributed by atoms with E-state index in [1.54, 1.807) is 7.05 Å². The Morgan fingerprint density at radius 3 is 2.43 bits per heavy atom. The van der Waals surface area contributed by atoms with Gasteiger partial charge in [0.2, 0.25) is 0 Å². The molecule has 1 heterocycles. The zero-order chi connectivity index (χ0) is 20.5. The third-order valence-electron chi connectivity index (χ3n) is 5.71. The number of ether oxygens (including phenoxy) is 1. The molecule has 3 rings (SSSR count). The molecule has 1 saturated heterocycles. The molecule has 0 aromatic heterocycles. The van der Waals surface area contributed by atoms with Crippen LogP contribution in [0.1, 0.15) is 44.2 Å². The summed E-state index contributed by atoms with van der Waals surface area (Å²) in [6.45, 7) is 5.92. The Labute approximate surface area is 197 Å². The Kier molecular flexibility index (Phi) is 10.7. The molecule has 3 N–H and O–H groups in total. The second-order valence-corrected chi connectivity index (χ2v) is 7.81. The van der Waals surface area contributed by atoms with Gasteiger partial charge < -0.3 is 20.7 Å². The number of amides is 1. The first-order valence-corrected chi connectivity index (χ1v) is 10.9. The zero-order valence-corrected chi connectivity index (χ0v) is 20.4. The van der Waals surface area contributed by atoms with Crippen LogP contribution in [0.15, 0.2) is 35.3 Å². The van der Waals surface area contributed by atoms with Crippen LogP contribution in [0.2, 0.25) is 0 Å². The van der Waals surface area contributed by atoms with Crippen molar-refractivity contribution in [1.29, 1.82) is 0 Å². The lowest BCUT2D eigenvalue weighted by Gasteiger charge is -2.29. The molecule has 2 aliphatic rings. The summed E-state index contributed by atoms with van der Waals surface area (Å²) in [5.41, 5.74) is 1.33. The second kappa shape index (κ2) is 13.0. The highest BCUT2D eigenvalue weighted by molar-refractivity contribution is 14.0. The number of hydrogen-bond donors (Lipinski definition) is 3. The molecule has 2 unspecified atom stereocenters. The molecule has 1 aliphatic carbocycles. The topological polar surface area (TPSA) is 78.0 Å². The molecule has 1 aromatic carbocycles. The summed E-state index contributed by atoms with van der Waals surface area (Å²) in [6.07, 6.45) is 4.48. The maximum Gasteiger partial charge on any atom is 0.407 e. The van der Waals surface area contributed by atoms with E-state index in [4.69, 9.17) is 4.74 Å². The van der Waals surface area contributed by atoms with Gasteiger partial charge in [0, 0.05) is 20.1 Å². The Morgan fingerprint density at radius 2 is 1.83 bits per heavy atom. The van der Waals surface area contributed by atoms with E-state index in [1.807, 2.05) is 6.92 Å². The van der Waals surface area contributed by atoms with Crippen molar-refractivity contribution in [2.75, 3.05) is 39.8 Å². The molecule has 0 bridgehead atoms. The van der Waals surface area contributed by atoms with Crippen molar-refractivity contribution in [2.45, 2.75) is 44.7 Å². The lowest BCUT2D eigenvalue weighted by molar-refractivity contribution is 0.146. The van der Waals surface area contributed by atoms with Crippen LogP contribution < -0.4 is 16.0 Å². The van der Waals surface area contributed by atoms with Crippen LogP contribution in [-0.2, 0) is 4.74 Å². The molecule has 1 amide bonds. The van der Waals surface area contributed by atoms with Crippen molar-refractivity contribution in [1.82, 2.24) is 20.9 Å². The van der Waals surface area contributed by atoms with E-state index in [1.165, 1.54) is 18.4 Å². The average Bonchev–Trinajstić information content (AvgIpc) is 3.45. The number of guanidine groups is 1. The molecule has 1 aromatic rings. The Morgan fingerprint density at radius 1 is 1.17 bits per heavy atom. The smallest absolute Gasteiger partial charge is 0.407 e. The second-order valence-electron chi connectivity index (χ2n) is 7.81. The standard InChI is InChI=1S/C22H35N5O2.HI/c1-3-29-22(28)26-19(17-11-12-17)15-24-21(23-2)25-16-20(27-13-7-8-14-27)18-9-5-4-6-10-18;/h4-6,9-10,17,19-20H,3,7-8,11-16H2,1-2H3,(H,26,28)(H2,23,24,25);1H. The number of alkyl carbamates (subject to hydrolysis) is 1. The predicted molar refractivity (Wildman–Crippen MR) is 131 cm³/mol. The largest absolute Gasteiger partial charge is 0.450 e. The molecule has 1 aliphatic heterocycles. The summed E-state index contributed by atoms with van der Waals surface area (Å²) in [4.78, 5) is 18.7. The fourth-order valence-corrected chi connectivity index (χ4v) is 3.97. The van der Waals surface area contributed by atoms with Gasteiger partial charge in [-0.3, -0.25) is 9.89 Å². The van der Waals surface area contributed by atoms with Crippen LogP contribution in [0.4, 0.5) is 4.79 Å². The van der Waals surface area contributed by atoms with Crippen LogP contribution in [-0.4, -0.2) is 62.8 Å². The van der Waals surface area contributed by atoms with Crippen LogP contribution in [0.3, 0.4) is 0 Å². The monoisotopic (exact) mass is 529 g/mol. The van der Waals surface area contributed by atoms with E-state index < -0.39 is 0 Å². The normalized spacial score (nSPS) is 18.8. The third kappa shape index (κ3) is 7.61. The molecule has 0 spiro atoms. The maximum absolute atomic E-state index is 11.8. The summed E-state index contributed by atoms with van der Waals surface area (Å²) in [5, 5.41) is 9.86. The number of carbonyl (C=O) groups excluding carboxylic acids is 1. The van der Waals surface area contributed by atoms with Crippen molar-refractivity contribution in [3.05, 3.63) is 35.9 Å². The minimum Gasteiger partial charge on any atom is -0.450 e. The lowest BCUT2D eigenvalue weighted by Crippen LogP contribution is -2.49. The van der Waals surface area contributed by atoms with E-state index >= 15 is 0 Å². The fourth-order valence-electron chi connectivity index (χ4n) is 3.97. The van der Waals surface area contributed by atoms with Crippen molar-refractivity contribution in [2.24, 2.45) is 10.9 Å². The molecule has 30 heavy (non-hydrogen) atoms. The van der Waals surface area contributed by atoms with Gasteiger partial charge in [-0.2, -0.15) is 0 Å². The first-order valence-electron chi connectivity index (χ1n) is 10.9. The van der Waals surface area contributed by atoms with Crippen molar-refractivity contribution in [3.8, 4) is 0 Å². The molecule has 2 fully saturated rings. The number of nitrogens with one attached hydrogen (secondary N) is 3. The quantitative estimate of drug-likeness (QED) is 0.260. The van der Waals surface area contributed by atoms with E-state index in [2.05, 4.69) is 56.2 Å². The van der Waals surface area contributed by atoms with E-state index in [9.17, 15) is 4.79 Å². The van der Waals surface area contributed by atoms with Crippen molar-refractivity contribution in [3.63, 3.8) is 0 Å². The summed E-state index contributed by atoms with van der Waals surface area (Å²) < 4.78 is 5.04. The van der Waals surface area contributed by atoms with Crippen molar-refractivity contribution < 1.29 is 9.53 Å². The Bertz CT molecular complexity index is 663. The summed E-state index contributed by atoms with van der Waals surface area (Å²) in [7, 11) is 1.79. The Balaban J connectivity index is 0.00000320. The number of halogens is 1. The number of rotatable bonds is 9.